The molecule has 0 saturated heterocycles. The van der Waals surface area contributed by atoms with Gasteiger partial charge in [-0.15, -0.1) is 11.3 Å². The third kappa shape index (κ3) is 2.90. The zero-order valence-electron chi connectivity index (χ0n) is 10.1. The van der Waals surface area contributed by atoms with Gasteiger partial charge in [-0.2, -0.15) is 5.26 Å². The Labute approximate surface area is 117 Å². The molecule has 20 heavy (non-hydrogen) atoms. The summed E-state index contributed by atoms with van der Waals surface area (Å²) in [7, 11) is 0. The van der Waals surface area contributed by atoms with Gasteiger partial charge < -0.3 is 4.74 Å². The molecule has 8 heteroatoms. The molecule has 6 nitrogen and oxygen atoms in total. The van der Waals surface area contributed by atoms with Crippen LogP contribution in [-0.4, -0.2) is 10.9 Å². The van der Waals surface area contributed by atoms with Gasteiger partial charge in [-0.1, -0.05) is 6.07 Å². The van der Waals surface area contributed by atoms with Gasteiger partial charge in [0.1, 0.15) is 29.8 Å². The quantitative estimate of drug-likeness (QED) is 0.503. The number of nitrogens with zero attached hydrogens (tertiary/aromatic N) is 2. The average Bonchev–Trinajstić information content (AvgIpc) is 2.93. The van der Waals surface area contributed by atoms with Crippen molar-refractivity contribution in [2.45, 2.75) is 6.61 Å². The highest BCUT2D eigenvalue weighted by atomic mass is 32.1. The summed E-state index contributed by atoms with van der Waals surface area (Å²) >= 11 is 1.11. The van der Waals surface area contributed by atoms with Gasteiger partial charge in [0.2, 0.25) is 0 Å². The first kappa shape index (κ1) is 13.9. The van der Waals surface area contributed by atoms with E-state index in [-0.39, 0.29) is 22.9 Å². The second kappa shape index (κ2) is 6.10. The Morgan fingerprint density at radius 1 is 1.60 bits per heavy atom. The van der Waals surface area contributed by atoms with Crippen LogP contribution in [0.3, 0.4) is 0 Å². The third-order valence-electron chi connectivity index (χ3n) is 2.34. The van der Waals surface area contributed by atoms with E-state index in [1.165, 1.54) is 18.2 Å². The van der Waals surface area contributed by atoms with Gasteiger partial charge in [-0.25, -0.2) is 15.2 Å². The number of hydrogen-bond donors (Lipinski definition) is 2. The molecule has 0 aliphatic heterocycles. The van der Waals surface area contributed by atoms with Crippen LogP contribution in [0, 0.1) is 17.1 Å². The molecule has 0 bridgehead atoms. The fourth-order valence-corrected chi connectivity index (χ4v) is 2.13. The average molecular weight is 292 g/mol. The molecule has 0 unspecified atom stereocenters. The van der Waals surface area contributed by atoms with Crippen LogP contribution in [0.15, 0.2) is 23.6 Å². The molecule has 0 atom stereocenters. The summed E-state index contributed by atoms with van der Waals surface area (Å²) in [6.07, 6.45) is 0. The van der Waals surface area contributed by atoms with Gasteiger partial charge in [0.15, 0.2) is 5.01 Å². The number of hydrogen-bond acceptors (Lipinski definition) is 6. The van der Waals surface area contributed by atoms with Crippen LogP contribution in [0.4, 0.5) is 4.39 Å². The summed E-state index contributed by atoms with van der Waals surface area (Å²) in [5.74, 6) is 3.98. The minimum Gasteiger partial charge on any atom is -0.486 e. The predicted octanol–water partition coefficient (Wildman–Crippen LogP) is 1.34. The van der Waals surface area contributed by atoms with Crippen LogP contribution < -0.4 is 16.0 Å². The minimum atomic E-state index is -0.647. The lowest BCUT2D eigenvalue weighted by atomic mass is 10.2. The second-order valence-electron chi connectivity index (χ2n) is 3.63. The molecular formula is C12H9FN4O2S. The van der Waals surface area contributed by atoms with Crippen molar-refractivity contribution in [1.29, 1.82) is 5.26 Å². The van der Waals surface area contributed by atoms with E-state index in [0.29, 0.717) is 5.69 Å². The van der Waals surface area contributed by atoms with Crippen molar-refractivity contribution >= 4 is 17.2 Å². The summed E-state index contributed by atoms with van der Waals surface area (Å²) in [5.41, 5.74) is 2.29. The van der Waals surface area contributed by atoms with E-state index in [9.17, 15) is 9.18 Å². The summed E-state index contributed by atoms with van der Waals surface area (Å²) in [6, 6.07) is 5.84. The van der Waals surface area contributed by atoms with Gasteiger partial charge in [-0.05, 0) is 12.1 Å². The number of rotatable bonds is 4. The first-order chi connectivity index (χ1) is 9.65. The molecule has 0 radical (unpaired) electrons. The molecule has 2 rings (SSSR count). The summed E-state index contributed by atoms with van der Waals surface area (Å²) in [6.45, 7) is 0.0203. The van der Waals surface area contributed by atoms with Crippen LogP contribution >= 0.6 is 11.3 Å². The van der Waals surface area contributed by atoms with Crippen LogP contribution in [0.1, 0.15) is 21.1 Å². The van der Waals surface area contributed by atoms with E-state index in [0.717, 1.165) is 11.3 Å². The fraction of sp³-hybridized carbons (Fsp3) is 0.0833. The Bertz CT molecular complexity index is 680. The van der Waals surface area contributed by atoms with Crippen molar-refractivity contribution in [2.24, 2.45) is 5.84 Å². The van der Waals surface area contributed by atoms with E-state index in [4.69, 9.17) is 15.8 Å². The number of nitrogens with two attached hydrogens (primary N) is 1. The molecule has 0 aliphatic carbocycles. The number of halogens is 1. The van der Waals surface area contributed by atoms with Crippen LogP contribution in [0.25, 0.3) is 0 Å². The standard InChI is InChI=1S/C12H9FN4O2S/c13-9-2-1-3-10(8(9)4-14)19-5-7-6-20-12(16-7)11(18)17-15/h1-3,6H,5,15H2,(H,17,18). The Hall–Kier alpha value is -2.50. The number of thiazole rings is 1. The first-order valence-corrected chi connectivity index (χ1v) is 6.30. The van der Waals surface area contributed by atoms with Crippen LogP contribution in [0.5, 0.6) is 5.75 Å². The van der Waals surface area contributed by atoms with Gasteiger partial charge in [0.05, 0.1) is 5.69 Å². The normalized spacial score (nSPS) is 9.85. The molecule has 1 aromatic carbocycles. The highest BCUT2D eigenvalue weighted by molar-refractivity contribution is 7.11. The molecule has 0 fully saturated rings. The monoisotopic (exact) mass is 292 g/mol. The van der Waals surface area contributed by atoms with E-state index in [1.807, 2.05) is 5.43 Å². The lowest BCUT2D eigenvalue weighted by molar-refractivity contribution is 0.0953. The zero-order valence-corrected chi connectivity index (χ0v) is 10.9. The number of carbonyl (C=O) groups is 1. The molecule has 3 N–H and O–H groups in total. The van der Waals surface area contributed by atoms with Crippen molar-refractivity contribution in [1.82, 2.24) is 10.4 Å². The molecule has 1 heterocycles. The molecular weight excluding hydrogens is 283 g/mol. The fourth-order valence-electron chi connectivity index (χ4n) is 1.42. The van der Waals surface area contributed by atoms with Crippen molar-refractivity contribution in [2.75, 3.05) is 0 Å². The van der Waals surface area contributed by atoms with E-state index < -0.39 is 11.7 Å². The summed E-state index contributed by atoms with van der Waals surface area (Å²) in [5, 5.41) is 10.7. The van der Waals surface area contributed by atoms with Gasteiger partial charge in [-0.3, -0.25) is 10.2 Å². The zero-order chi connectivity index (χ0) is 14.5. The smallest absolute Gasteiger partial charge is 0.294 e. The maximum absolute atomic E-state index is 13.3. The number of amides is 1. The van der Waals surface area contributed by atoms with Crippen LogP contribution in [-0.2, 0) is 6.61 Å². The minimum absolute atomic E-state index is 0.0203. The highest BCUT2D eigenvalue weighted by Gasteiger charge is 2.12. The lowest BCUT2D eigenvalue weighted by Crippen LogP contribution is -2.29. The Kier molecular flexibility index (Phi) is 4.24. The van der Waals surface area contributed by atoms with Gasteiger partial charge in [0.25, 0.3) is 5.91 Å². The number of hydrazine groups is 1. The highest BCUT2D eigenvalue weighted by Crippen LogP contribution is 2.21. The molecule has 102 valence electrons. The third-order valence-corrected chi connectivity index (χ3v) is 3.23. The molecule has 1 amide bonds. The van der Waals surface area contributed by atoms with Crippen molar-refractivity contribution in [3.05, 3.63) is 45.7 Å². The SMILES string of the molecule is N#Cc1c(F)cccc1OCc1csc(C(=O)NN)n1. The largest absolute Gasteiger partial charge is 0.486 e. The molecule has 0 aliphatic rings. The maximum atomic E-state index is 13.3. The molecule has 1 aromatic heterocycles. The van der Waals surface area contributed by atoms with E-state index in [1.54, 1.807) is 11.4 Å². The van der Waals surface area contributed by atoms with Crippen LogP contribution in [0.2, 0.25) is 0 Å². The second-order valence-corrected chi connectivity index (χ2v) is 4.49. The van der Waals surface area contributed by atoms with E-state index in [2.05, 4.69) is 4.98 Å². The Morgan fingerprint density at radius 3 is 3.10 bits per heavy atom. The number of carbonyl (C=O) groups excluding carboxylic acids is 1. The lowest BCUT2D eigenvalue weighted by Gasteiger charge is -2.06. The number of benzene rings is 1. The van der Waals surface area contributed by atoms with Crippen molar-refractivity contribution in [3.8, 4) is 11.8 Å². The number of aromatic nitrogens is 1. The number of ether oxygens (including phenoxy) is 1. The predicted molar refractivity (Wildman–Crippen MR) is 69.2 cm³/mol. The molecule has 2 aromatic rings. The number of nitriles is 1. The van der Waals surface area contributed by atoms with Gasteiger partial charge >= 0.3 is 0 Å². The van der Waals surface area contributed by atoms with E-state index >= 15 is 0 Å². The molecule has 0 saturated carbocycles. The first-order valence-electron chi connectivity index (χ1n) is 5.42. The number of nitrogen functional groups attached to an aromatic ring is 1. The molecule has 0 spiro atoms. The Morgan fingerprint density at radius 2 is 2.40 bits per heavy atom. The van der Waals surface area contributed by atoms with Gasteiger partial charge in [0, 0.05) is 5.38 Å². The maximum Gasteiger partial charge on any atom is 0.294 e. The Balaban J connectivity index is 2.10. The summed E-state index contributed by atoms with van der Waals surface area (Å²) in [4.78, 5) is 15.2. The topological polar surface area (TPSA) is 101 Å². The van der Waals surface area contributed by atoms with Crippen molar-refractivity contribution < 1.29 is 13.9 Å². The van der Waals surface area contributed by atoms with Crippen molar-refractivity contribution in [3.63, 3.8) is 0 Å². The summed E-state index contributed by atoms with van der Waals surface area (Å²) < 4.78 is 18.7. The number of nitrogens with one attached hydrogen (secondary N) is 1.